The van der Waals surface area contributed by atoms with Gasteiger partial charge in [-0.05, 0) is 248 Å². The molecule has 12 aliphatic carbocycles. The summed E-state index contributed by atoms with van der Waals surface area (Å²) >= 11 is 0. The molecule has 0 aromatic heterocycles. The van der Waals surface area contributed by atoms with E-state index in [1.54, 1.807) is 0 Å². The molecule has 0 aliphatic heterocycles. The van der Waals surface area contributed by atoms with E-state index in [-0.39, 0.29) is 37.7 Å². The van der Waals surface area contributed by atoms with E-state index >= 15 is 0 Å². The first kappa shape index (κ1) is 44.7. The van der Waals surface area contributed by atoms with Gasteiger partial charge in [0.2, 0.25) is 0 Å². The Balaban J connectivity index is 0.725. The summed E-state index contributed by atoms with van der Waals surface area (Å²) in [6, 6.07) is 23.8. The normalized spacial score (nSPS) is 39.5. The lowest BCUT2D eigenvalue weighted by Crippen LogP contribution is -2.58. The molecule has 12 bridgehead atoms. The fourth-order valence-corrected chi connectivity index (χ4v) is 17.3. The Bertz CT molecular complexity index is 2040. The molecule has 0 saturated heterocycles. The Kier molecular flexibility index (Phi) is 11.0. The lowest BCUT2D eigenvalue weighted by molar-refractivity contribution is -0.205. The van der Waals surface area contributed by atoms with Gasteiger partial charge < -0.3 is 28.4 Å². The molecule has 0 amide bonds. The van der Waals surface area contributed by atoms with Crippen LogP contribution in [0, 0.1) is 71.0 Å². The van der Waals surface area contributed by atoms with E-state index in [1.807, 2.05) is 36.4 Å². The van der Waals surface area contributed by atoms with Crippen molar-refractivity contribution >= 4 is 17.9 Å². The van der Waals surface area contributed by atoms with Gasteiger partial charge in [0.25, 0.3) is 0 Å². The molecule has 0 radical (unpaired) electrons. The Morgan fingerprint density at radius 3 is 0.794 bits per heavy atom. The van der Waals surface area contributed by atoms with E-state index in [2.05, 4.69) is 64.1 Å². The highest BCUT2D eigenvalue weighted by atomic mass is 16.6. The van der Waals surface area contributed by atoms with Crippen LogP contribution in [0.5, 0.6) is 17.2 Å². The Hall–Kier alpha value is -4.53. The van der Waals surface area contributed by atoms with Crippen molar-refractivity contribution in [2.45, 2.75) is 146 Å². The second-order valence-electron chi connectivity index (χ2n) is 24.5. The highest BCUT2D eigenvalue weighted by molar-refractivity contribution is 5.73. The third-order valence-electron chi connectivity index (χ3n) is 20.6. The minimum Gasteiger partial charge on any atom is -0.482 e. The lowest BCUT2D eigenvalue weighted by Gasteiger charge is -2.59. The van der Waals surface area contributed by atoms with E-state index in [4.69, 9.17) is 28.4 Å². The number of benzene rings is 3. The number of ether oxygens (including phenoxy) is 6. The zero-order valence-corrected chi connectivity index (χ0v) is 40.8. The van der Waals surface area contributed by atoms with E-state index in [0.717, 1.165) is 52.2 Å². The van der Waals surface area contributed by atoms with E-state index in [0.29, 0.717) is 52.8 Å². The Morgan fingerprint density at radius 1 is 0.382 bits per heavy atom. The standard InChI is InChI=1S/C59H72O9/c1-56(41-5-11-50(12-6-41)63-32-53(60)66-57(2)44-20-35-17-36(22-44)23-45(57)21-35,42-7-13-51(14-8-42)64-33-54(61)67-58(3)46-24-37-18-38(26-46)27-47(58)25-37)43-9-15-52(16-10-43)65-34-55(62)68-59(4)48-28-39-19-40(30-48)31-49(59)29-39/h5-16,35-40,44-49H,17-34H2,1-4H3. The summed E-state index contributed by atoms with van der Waals surface area (Å²) in [6.07, 6.45) is 18.2. The van der Waals surface area contributed by atoms with Crippen molar-refractivity contribution in [2.75, 3.05) is 19.8 Å². The second-order valence-corrected chi connectivity index (χ2v) is 24.5. The minimum absolute atomic E-state index is 0.134. The predicted octanol–water partition coefficient (Wildman–Crippen LogP) is 11.5. The molecular formula is C59H72O9. The monoisotopic (exact) mass is 925 g/mol. The van der Waals surface area contributed by atoms with Crippen molar-refractivity contribution in [2.24, 2.45) is 71.0 Å². The van der Waals surface area contributed by atoms with E-state index in [1.165, 1.54) is 96.3 Å². The molecule has 3 aromatic carbocycles. The molecule has 0 heterocycles. The summed E-state index contributed by atoms with van der Waals surface area (Å²) in [7, 11) is 0. The quantitative estimate of drug-likeness (QED) is 0.0836. The molecule has 68 heavy (non-hydrogen) atoms. The van der Waals surface area contributed by atoms with Gasteiger partial charge in [0.15, 0.2) is 19.8 Å². The van der Waals surface area contributed by atoms with Crippen LogP contribution in [-0.4, -0.2) is 54.5 Å². The molecule has 0 atom stereocenters. The Morgan fingerprint density at radius 2 is 0.588 bits per heavy atom. The van der Waals surface area contributed by atoms with Gasteiger partial charge in [-0.1, -0.05) is 36.4 Å². The van der Waals surface area contributed by atoms with Crippen molar-refractivity contribution in [3.8, 4) is 17.2 Å². The largest absolute Gasteiger partial charge is 0.482 e. The van der Waals surface area contributed by atoms with Gasteiger partial charge in [-0.2, -0.15) is 0 Å². The van der Waals surface area contributed by atoms with Gasteiger partial charge in [0.1, 0.15) is 34.1 Å². The maximum Gasteiger partial charge on any atom is 0.344 e. The molecular weight excluding hydrogens is 853 g/mol. The summed E-state index contributed by atoms with van der Waals surface area (Å²) in [5.74, 6) is 8.40. The van der Waals surface area contributed by atoms with E-state index in [9.17, 15) is 14.4 Å². The number of hydrogen-bond acceptors (Lipinski definition) is 9. The smallest absolute Gasteiger partial charge is 0.344 e. The summed E-state index contributed by atoms with van der Waals surface area (Å²) < 4.78 is 37.1. The zero-order chi connectivity index (χ0) is 46.6. The molecule has 0 N–H and O–H groups in total. The number of carbonyl (C=O) groups excluding carboxylic acids is 3. The van der Waals surface area contributed by atoms with Gasteiger partial charge in [0.05, 0.1) is 0 Å². The topological polar surface area (TPSA) is 107 Å². The number of rotatable bonds is 15. The number of esters is 3. The average molecular weight is 925 g/mol. The van der Waals surface area contributed by atoms with Gasteiger partial charge >= 0.3 is 17.9 Å². The summed E-state index contributed by atoms with van der Waals surface area (Å²) in [5.41, 5.74) is 1.19. The summed E-state index contributed by atoms with van der Waals surface area (Å²) in [4.78, 5) is 40.0. The van der Waals surface area contributed by atoms with Gasteiger partial charge in [-0.15, -0.1) is 0 Å². The van der Waals surface area contributed by atoms with Crippen LogP contribution in [0.3, 0.4) is 0 Å². The molecule has 9 nitrogen and oxygen atoms in total. The first-order valence-electron chi connectivity index (χ1n) is 26.6. The average Bonchev–Trinajstić information content (AvgIpc) is 3.32. The fraction of sp³-hybridized carbons (Fsp3) is 0.644. The van der Waals surface area contributed by atoms with Crippen LogP contribution in [0.4, 0.5) is 0 Å². The second kappa shape index (κ2) is 16.8. The third-order valence-corrected chi connectivity index (χ3v) is 20.6. The highest BCUT2D eigenvalue weighted by Gasteiger charge is 2.59. The van der Waals surface area contributed by atoms with Crippen LogP contribution in [0.1, 0.15) is 141 Å². The SMILES string of the molecule is CC(c1ccc(OCC(=O)OC2(C)C3CC4CC(C3)CC2C4)cc1)(c1ccc(OCC(=O)OC2(C)C3CC4CC(C3)CC2C4)cc1)c1ccc(OCC(=O)OC2(C)C3CC4CC(C3)CC2C4)cc1. The minimum atomic E-state index is -0.650. The van der Waals surface area contributed by atoms with Crippen molar-refractivity contribution in [3.05, 3.63) is 89.5 Å². The summed E-state index contributed by atoms with van der Waals surface area (Å²) in [6.45, 7) is 8.28. The van der Waals surface area contributed by atoms with Crippen molar-refractivity contribution in [1.82, 2.24) is 0 Å². The fourth-order valence-electron chi connectivity index (χ4n) is 17.3. The number of carbonyl (C=O) groups is 3. The molecule has 0 unspecified atom stereocenters. The van der Waals surface area contributed by atoms with Crippen LogP contribution in [0.15, 0.2) is 72.8 Å². The molecule has 3 aromatic rings. The lowest BCUT2D eigenvalue weighted by atomic mass is 9.50. The Labute approximate surface area is 403 Å². The predicted molar refractivity (Wildman–Crippen MR) is 256 cm³/mol. The highest BCUT2D eigenvalue weighted by Crippen LogP contribution is 2.62. The van der Waals surface area contributed by atoms with Gasteiger partial charge in [-0.25, -0.2) is 14.4 Å². The third kappa shape index (κ3) is 7.83. The van der Waals surface area contributed by atoms with Crippen LogP contribution in [0.25, 0.3) is 0 Å². The molecule has 12 saturated carbocycles. The number of hydrogen-bond donors (Lipinski definition) is 0. The van der Waals surface area contributed by atoms with Crippen LogP contribution in [-0.2, 0) is 34.0 Å². The zero-order valence-electron chi connectivity index (χ0n) is 40.8. The van der Waals surface area contributed by atoms with Crippen molar-refractivity contribution < 1.29 is 42.8 Å². The first-order valence-corrected chi connectivity index (χ1v) is 26.6. The summed E-state index contributed by atoms with van der Waals surface area (Å²) in [5, 5.41) is 0. The van der Waals surface area contributed by atoms with Crippen LogP contribution in [0.2, 0.25) is 0 Å². The van der Waals surface area contributed by atoms with Crippen LogP contribution < -0.4 is 14.2 Å². The first-order chi connectivity index (χ1) is 32.7. The van der Waals surface area contributed by atoms with Crippen molar-refractivity contribution in [1.29, 1.82) is 0 Å². The maximum atomic E-state index is 13.3. The van der Waals surface area contributed by atoms with Gasteiger partial charge in [0, 0.05) is 5.41 Å². The molecule has 362 valence electrons. The van der Waals surface area contributed by atoms with Crippen LogP contribution >= 0.6 is 0 Å². The molecule has 0 spiro atoms. The van der Waals surface area contributed by atoms with Crippen molar-refractivity contribution in [3.63, 3.8) is 0 Å². The molecule has 15 rings (SSSR count). The molecule has 12 fully saturated rings. The maximum absolute atomic E-state index is 13.3. The molecule has 9 heteroatoms. The van der Waals surface area contributed by atoms with Gasteiger partial charge in [-0.3, -0.25) is 0 Å². The van der Waals surface area contributed by atoms with E-state index < -0.39 is 22.2 Å². The molecule has 12 aliphatic rings.